The van der Waals surface area contributed by atoms with Crippen LogP contribution in [0.2, 0.25) is 0 Å². The Morgan fingerprint density at radius 3 is 2.18 bits per heavy atom. The molecular weight excluding hydrogens is 367 g/mol. The first-order chi connectivity index (χ1) is 13.2. The van der Waals surface area contributed by atoms with Gasteiger partial charge >= 0.3 is 6.18 Å². The van der Waals surface area contributed by atoms with Crippen molar-refractivity contribution in [3.63, 3.8) is 0 Å². The number of hydrogen-bond donors (Lipinski definition) is 1. The van der Waals surface area contributed by atoms with Crippen molar-refractivity contribution in [1.29, 1.82) is 0 Å². The number of aromatic hydroxyl groups is 1. The van der Waals surface area contributed by atoms with Crippen LogP contribution in [-0.2, 0) is 11.0 Å². The van der Waals surface area contributed by atoms with Crippen LogP contribution in [0.5, 0.6) is 5.75 Å². The molecule has 6 heteroatoms. The Bertz CT molecular complexity index is 792. The van der Waals surface area contributed by atoms with Gasteiger partial charge in [0.25, 0.3) is 0 Å². The molecule has 0 spiro atoms. The Hall–Kier alpha value is -2.50. The van der Waals surface area contributed by atoms with E-state index >= 15 is 0 Å². The first kappa shape index (κ1) is 20.2. The number of hydrogen-bond acceptors (Lipinski definition) is 2. The van der Waals surface area contributed by atoms with Crippen molar-refractivity contribution in [2.24, 2.45) is 0 Å². The number of alkyl halides is 3. The van der Waals surface area contributed by atoms with Crippen molar-refractivity contribution < 1.29 is 23.1 Å². The Morgan fingerprint density at radius 2 is 1.64 bits per heavy atom. The van der Waals surface area contributed by atoms with Gasteiger partial charge in [-0.1, -0.05) is 31.2 Å². The van der Waals surface area contributed by atoms with Gasteiger partial charge in [-0.15, -0.1) is 0 Å². The summed E-state index contributed by atoms with van der Waals surface area (Å²) in [6.07, 6.45) is -2.33. The van der Waals surface area contributed by atoms with E-state index in [1.807, 2.05) is 24.0 Å². The topological polar surface area (TPSA) is 40.5 Å². The van der Waals surface area contributed by atoms with E-state index in [1.165, 1.54) is 17.7 Å². The zero-order valence-electron chi connectivity index (χ0n) is 15.7. The molecule has 3 nitrogen and oxygen atoms in total. The minimum Gasteiger partial charge on any atom is -0.508 e. The lowest BCUT2D eigenvalue weighted by atomic mass is 9.89. The first-order valence-corrected chi connectivity index (χ1v) is 9.48. The third-order valence-corrected chi connectivity index (χ3v) is 5.50. The van der Waals surface area contributed by atoms with Gasteiger partial charge in [-0.05, 0) is 60.1 Å². The number of benzene rings is 2. The molecule has 2 aromatic carbocycles. The molecule has 1 saturated heterocycles. The van der Waals surface area contributed by atoms with E-state index < -0.39 is 11.7 Å². The molecule has 1 aliphatic heterocycles. The number of carbonyl (C=O) groups is 1. The Morgan fingerprint density at radius 1 is 1.07 bits per heavy atom. The van der Waals surface area contributed by atoms with Crippen LogP contribution in [0.3, 0.4) is 0 Å². The number of phenols is 1. The molecule has 1 atom stereocenters. The van der Waals surface area contributed by atoms with Crippen LogP contribution in [0, 0.1) is 0 Å². The predicted octanol–water partition coefficient (Wildman–Crippen LogP) is 5.31. The average Bonchev–Trinajstić information content (AvgIpc) is 2.68. The van der Waals surface area contributed by atoms with Crippen LogP contribution in [0.25, 0.3) is 0 Å². The summed E-state index contributed by atoms with van der Waals surface area (Å²) >= 11 is 0. The Kier molecular flexibility index (Phi) is 5.96. The highest BCUT2D eigenvalue weighted by Gasteiger charge is 2.30. The fourth-order valence-electron chi connectivity index (χ4n) is 3.72. The molecule has 28 heavy (non-hydrogen) atoms. The van der Waals surface area contributed by atoms with E-state index in [0.717, 1.165) is 30.5 Å². The number of rotatable bonds is 4. The van der Waals surface area contributed by atoms with Gasteiger partial charge in [0.15, 0.2) is 0 Å². The summed E-state index contributed by atoms with van der Waals surface area (Å²) in [7, 11) is 0. The Labute approximate surface area is 162 Å². The van der Waals surface area contributed by atoms with E-state index in [9.17, 15) is 23.1 Å². The quantitative estimate of drug-likeness (QED) is 0.767. The number of likely N-dealkylation sites (tertiary alicyclic amines) is 1. The van der Waals surface area contributed by atoms with Crippen molar-refractivity contribution in [3.05, 3.63) is 65.2 Å². The van der Waals surface area contributed by atoms with Gasteiger partial charge in [-0.2, -0.15) is 13.2 Å². The zero-order valence-corrected chi connectivity index (χ0v) is 15.7. The maximum atomic E-state index is 12.7. The van der Waals surface area contributed by atoms with Crippen molar-refractivity contribution in [2.75, 3.05) is 13.1 Å². The molecule has 0 aliphatic carbocycles. The summed E-state index contributed by atoms with van der Waals surface area (Å²) in [4.78, 5) is 14.5. The smallest absolute Gasteiger partial charge is 0.416 e. The maximum Gasteiger partial charge on any atom is 0.416 e. The third-order valence-electron chi connectivity index (χ3n) is 5.50. The fraction of sp³-hybridized carbons (Fsp3) is 0.409. The van der Waals surface area contributed by atoms with E-state index in [-0.39, 0.29) is 24.0 Å². The first-order valence-electron chi connectivity index (χ1n) is 9.48. The van der Waals surface area contributed by atoms with Gasteiger partial charge in [0.2, 0.25) is 5.91 Å². The fourth-order valence-corrected chi connectivity index (χ4v) is 3.72. The van der Waals surface area contributed by atoms with E-state index in [0.29, 0.717) is 19.0 Å². The minimum atomic E-state index is -4.35. The normalized spacial score (nSPS) is 16.8. The molecule has 0 radical (unpaired) electrons. The van der Waals surface area contributed by atoms with Gasteiger partial charge < -0.3 is 10.0 Å². The molecule has 1 fully saturated rings. The van der Waals surface area contributed by atoms with Gasteiger partial charge in [0.05, 0.1) is 5.56 Å². The second-order valence-electron chi connectivity index (χ2n) is 7.47. The molecular formula is C22H24F3NO2. The van der Waals surface area contributed by atoms with Crippen molar-refractivity contribution in [3.8, 4) is 5.75 Å². The predicted molar refractivity (Wildman–Crippen MR) is 101 cm³/mol. The minimum absolute atomic E-state index is 0.0385. The summed E-state index contributed by atoms with van der Waals surface area (Å²) in [6, 6.07) is 12.3. The monoisotopic (exact) mass is 391 g/mol. The van der Waals surface area contributed by atoms with Crippen LogP contribution in [0.1, 0.15) is 54.7 Å². The third kappa shape index (κ3) is 4.86. The molecule has 0 aromatic heterocycles. The van der Waals surface area contributed by atoms with E-state index in [1.54, 1.807) is 12.1 Å². The lowest BCUT2D eigenvalue weighted by Crippen LogP contribution is -2.38. The van der Waals surface area contributed by atoms with Crippen molar-refractivity contribution in [2.45, 2.75) is 44.2 Å². The number of phenolic OH excluding ortho intramolecular Hbond substituents is 1. The number of carbonyl (C=O) groups excluding carboxylic acids is 1. The highest BCUT2D eigenvalue weighted by Crippen LogP contribution is 2.32. The van der Waals surface area contributed by atoms with Gasteiger partial charge in [-0.3, -0.25) is 4.79 Å². The number of piperidine rings is 1. The second kappa shape index (κ2) is 8.25. The summed E-state index contributed by atoms with van der Waals surface area (Å²) in [6.45, 7) is 3.21. The molecule has 1 aliphatic rings. The summed E-state index contributed by atoms with van der Waals surface area (Å²) in [5.74, 6) is 0.520. The van der Waals surface area contributed by atoms with Crippen LogP contribution in [0.15, 0.2) is 48.5 Å². The SMILES string of the molecule is CC(CC(=O)N1CCC(c2ccc(O)cc2)CC1)c1ccc(C(F)(F)F)cc1. The molecule has 1 N–H and O–H groups in total. The number of amides is 1. The Balaban J connectivity index is 1.53. The molecule has 150 valence electrons. The summed E-state index contributed by atoms with van der Waals surface area (Å²) in [5, 5.41) is 9.39. The molecule has 1 amide bonds. The van der Waals surface area contributed by atoms with Crippen LogP contribution < -0.4 is 0 Å². The van der Waals surface area contributed by atoms with Crippen molar-refractivity contribution >= 4 is 5.91 Å². The molecule has 0 bridgehead atoms. The lowest BCUT2D eigenvalue weighted by Gasteiger charge is -2.33. The zero-order chi connectivity index (χ0) is 20.3. The molecule has 3 rings (SSSR count). The van der Waals surface area contributed by atoms with Gasteiger partial charge in [0, 0.05) is 19.5 Å². The summed E-state index contributed by atoms with van der Waals surface area (Å²) in [5.41, 5.74) is 1.23. The van der Waals surface area contributed by atoms with Crippen LogP contribution in [-0.4, -0.2) is 29.0 Å². The second-order valence-corrected chi connectivity index (χ2v) is 7.47. The number of halogens is 3. The molecule has 1 heterocycles. The lowest BCUT2D eigenvalue weighted by molar-refractivity contribution is -0.137. The van der Waals surface area contributed by atoms with Crippen LogP contribution >= 0.6 is 0 Å². The maximum absolute atomic E-state index is 12.7. The van der Waals surface area contributed by atoms with E-state index in [4.69, 9.17) is 0 Å². The highest BCUT2D eigenvalue weighted by atomic mass is 19.4. The van der Waals surface area contributed by atoms with Crippen LogP contribution in [0.4, 0.5) is 13.2 Å². The van der Waals surface area contributed by atoms with Gasteiger partial charge in [0.1, 0.15) is 5.75 Å². The summed E-state index contributed by atoms with van der Waals surface area (Å²) < 4.78 is 38.0. The molecule has 1 unspecified atom stereocenters. The number of nitrogens with zero attached hydrogens (tertiary/aromatic N) is 1. The average molecular weight is 391 g/mol. The highest BCUT2D eigenvalue weighted by molar-refractivity contribution is 5.77. The largest absolute Gasteiger partial charge is 0.508 e. The molecule has 0 saturated carbocycles. The molecule has 2 aromatic rings. The van der Waals surface area contributed by atoms with Gasteiger partial charge in [-0.25, -0.2) is 0 Å². The van der Waals surface area contributed by atoms with E-state index in [2.05, 4.69) is 0 Å². The van der Waals surface area contributed by atoms with Crippen molar-refractivity contribution in [1.82, 2.24) is 4.90 Å². The standard InChI is InChI=1S/C22H24F3NO2/c1-15(16-2-6-19(7-3-16)22(23,24)25)14-21(28)26-12-10-18(11-13-26)17-4-8-20(27)9-5-17/h2-9,15,18,27H,10-14H2,1H3.